The Labute approximate surface area is 375 Å². The molecule has 328 valence electrons. The number of likely N-dealkylation sites (tertiary alicyclic amines) is 1. The fraction of sp³-hybridized carbons (Fsp3) is 0.340. The number of rotatable bonds is 17. The van der Waals surface area contributed by atoms with E-state index in [2.05, 4.69) is 44.1 Å². The van der Waals surface area contributed by atoms with E-state index >= 15 is 0 Å². The van der Waals surface area contributed by atoms with Crippen molar-refractivity contribution in [1.29, 1.82) is 0 Å². The second-order valence-electron chi connectivity index (χ2n) is 15.7. The average molecular weight is 924 g/mol. The summed E-state index contributed by atoms with van der Waals surface area (Å²) in [5, 5.41) is 13.6. The van der Waals surface area contributed by atoms with E-state index in [0.29, 0.717) is 29.7 Å². The van der Waals surface area contributed by atoms with E-state index in [1.54, 1.807) is 23.9 Å². The maximum Gasteiger partial charge on any atom is 0.475 e. The van der Waals surface area contributed by atoms with E-state index in [-0.39, 0.29) is 34.8 Å². The number of hydrogen-bond acceptors (Lipinski definition) is 8. The molecule has 0 radical (unpaired) electrons. The van der Waals surface area contributed by atoms with Crippen LogP contribution >= 0.6 is 23.4 Å². The van der Waals surface area contributed by atoms with Crippen molar-refractivity contribution in [2.75, 3.05) is 48.8 Å². The van der Waals surface area contributed by atoms with Crippen molar-refractivity contribution in [3.63, 3.8) is 0 Å². The van der Waals surface area contributed by atoms with Gasteiger partial charge >= 0.3 is 5.51 Å². The summed E-state index contributed by atoms with van der Waals surface area (Å²) in [6, 6.07) is 36.6. The van der Waals surface area contributed by atoms with Crippen LogP contribution in [-0.4, -0.2) is 80.5 Å². The number of β-amino-alcohol motifs (C(OH)–C–C–N with tert-alkyl or cyclic N) is 1. The van der Waals surface area contributed by atoms with E-state index in [4.69, 9.17) is 11.6 Å². The molecular weight excluding hydrogens is 873 g/mol. The maximum atomic E-state index is 14.1. The quantitative estimate of drug-likeness (QED) is 0.0793. The topological polar surface area (TPSA) is 102 Å². The van der Waals surface area contributed by atoms with Crippen molar-refractivity contribution < 1.29 is 31.5 Å². The van der Waals surface area contributed by atoms with Gasteiger partial charge in [0.05, 0.1) is 22.1 Å². The number of carbonyl (C=O) groups is 1. The van der Waals surface area contributed by atoms with Gasteiger partial charge in [-0.3, -0.25) is 14.4 Å². The Balaban J connectivity index is 0.989. The Kier molecular flexibility index (Phi) is 15.9. The lowest BCUT2D eigenvalue weighted by Crippen LogP contribution is -2.37. The monoisotopic (exact) mass is 922 g/mol. The smallest absolute Gasteiger partial charge is 0.395 e. The van der Waals surface area contributed by atoms with E-state index in [1.807, 2.05) is 66.7 Å². The number of aliphatic hydroxyl groups is 1. The number of nitrogens with one attached hydrogen (secondary N) is 2. The van der Waals surface area contributed by atoms with Crippen LogP contribution in [0.1, 0.15) is 48.0 Å². The molecule has 0 spiro atoms. The highest BCUT2D eigenvalue weighted by Crippen LogP contribution is 2.35. The Morgan fingerprint density at radius 1 is 0.871 bits per heavy atom. The highest BCUT2D eigenvalue weighted by molar-refractivity contribution is 7.99. The van der Waals surface area contributed by atoms with Crippen LogP contribution < -0.4 is 14.9 Å². The molecule has 3 N–H and O–H groups in total. The molecule has 4 unspecified atom stereocenters. The number of nitrogens with zero attached hydrogens (tertiary/aromatic N) is 2. The summed E-state index contributed by atoms with van der Waals surface area (Å²) >= 11 is 7.69. The average Bonchev–Trinajstić information content (AvgIpc) is 3.72. The molecular formula is C47H50ClF3N4O4S3. The standard InChI is InChI=1S/C47H50ClF3N4O4S3/c48-37-16-12-34(13-17-37)43-11-5-4-7-36(43)29-33-22-25-55(26-23-33)39-18-14-35(15-19-39)46(57)53-62(59)42-20-21-44(45(31-42)61(58)47(49,50)51)52-38(32-60-41-9-2-1-3-10-41)30-40-8-6-24-54(40)27-28-56/h1-5,7,9-21,31,33,38,40,52,56H,6,8,22-30,32H2,(H,53,57). The van der Waals surface area contributed by atoms with Crippen molar-refractivity contribution >= 4 is 62.4 Å². The minimum atomic E-state index is -5.09. The summed E-state index contributed by atoms with van der Waals surface area (Å²) in [6.07, 6.45) is 5.39. The van der Waals surface area contributed by atoms with E-state index < -0.39 is 38.1 Å². The first kappa shape index (κ1) is 45.8. The first-order valence-electron chi connectivity index (χ1n) is 20.8. The highest BCUT2D eigenvalue weighted by Gasteiger charge is 2.40. The molecule has 0 aliphatic carbocycles. The molecule has 0 saturated carbocycles. The molecule has 62 heavy (non-hydrogen) atoms. The van der Waals surface area contributed by atoms with Gasteiger partial charge < -0.3 is 15.3 Å². The van der Waals surface area contributed by atoms with Crippen LogP contribution in [0.3, 0.4) is 0 Å². The summed E-state index contributed by atoms with van der Waals surface area (Å²) in [7, 11) is -5.71. The lowest BCUT2D eigenvalue weighted by molar-refractivity contribution is -0.0384. The van der Waals surface area contributed by atoms with Crippen LogP contribution in [0.25, 0.3) is 11.1 Å². The third-order valence-corrected chi connectivity index (χ3v) is 15.2. The number of benzene rings is 5. The Bertz CT molecular complexity index is 2320. The van der Waals surface area contributed by atoms with E-state index in [1.165, 1.54) is 23.3 Å². The van der Waals surface area contributed by atoms with Gasteiger partial charge in [0.25, 0.3) is 5.91 Å². The van der Waals surface area contributed by atoms with Gasteiger partial charge in [-0.15, -0.1) is 11.8 Å². The fourth-order valence-corrected chi connectivity index (χ4v) is 11.2. The number of amides is 1. The minimum Gasteiger partial charge on any atom is -0.395 e. The van der Waals surface area contributed by atoms with Gasteiger partial charge in [-0.2, -0.15) is 13.2 Å². The number of anilines is 2. The molecule has 0 aromatic heterocycles. The van der Waals surface area contributed by atoms with Gasteiger partial charge in [0.2, 0.25) is 0 Å². The molecule has 5 aromatic carbocycles. The molecule has 2 aliphatic rings. The van der Waals surface area contributed by atoms with Crippen molar-refractivity contribution in [3.05, 3.63) is 137 Å². The van der Waals surface area contributed by atoms with Gasteiger partial charge in [0.1, 0.15) is 0 Å². The lowest BCUT2D eigenvalue weighted by atomic mass is 9.87. The molecule has 5 aromatic rings. The predicted molar refractivity (Wildman–Crippen MR) is 246 cm³/mol. The molecule has 2 heterocycles. The summed E-state index contributed by atoms with van der Waals surface area (Å²) in [4.78, 5) is 18.1. The normalized spacial score (nSPS) is 17.7. The van der Waals surface area contributed by atoms with Crippen molar-refractivity contribution in [2.24, 2.45) is 5.92 Å². The van der Waals surface area contributed by atoms with Crippen LogP contribution in [0.4, 0.5) is 24.5 Å². The maximum absolute atomic E-state index is 14.1. The van der Waals surface area contributed by atoms with Gasteiger partial charge in [0, 0.05) is 58.6 Å². The number of aliphatic hydroxyl groups excluding tert-OH is 1. The molecule has 15 heteroatoms. The SMILES string of the molecule is O=C(NS(=O)c1ccc(NC(CSc2ccccc2)CC2CCCN2CCO)c(S(=O)C(F)(F)F)c1)c1ccc(N2CCC(Cc3ccccc3-c3ccc(Cl)cc3)CC2)cc1. The lowest BCUT2D eigenvalue weighted by Gasteiger charge is -2.34. The van der Waals surface area contributed by atoms with Crippen molar-refractivity contribution in [3.8, 4) is 11.1 Å². The Hall–Kier alpha value is -4.18. The zero-order valence-corrected chi connectivity index (χ0v) is 37.3. The molecule has 7 rings (SSSR count). The summed E-state index contributed by atoms with van der Waals surface area (Å²) in [5.74, 6) is 0.363. The number of piperidine rings is 1. The Morgan fingerprint density at radius 2 is 1.58 bits per heavy atom. The molecule has 0 bridgehead atoms. The molecule has 2 saturated heterocycles. The van der Waals surface area contributed by atoms with Gasteiger partial charge in [-0.25, -0.2) is 8.42 Å². The van der Waals surface area contributed by atoms with Crippen LogP contribution in [0, 0.1) is 5.92 Å². The molecule has 2 aliphatic heterocycles. The van der Waals surface area contributed by atoms with Crippen LogP contribution in [0.15, 0.2) is 136 Å². The van der Waals surface area contributed by atoms with E-state index in [0.717, 1.165) is 74.0 Å². The highest BCUT2D eigenvalue weighted by atomic mass is 35.5. The number of hydrogen-bond donors (Lipinski definition) is 3. The first-order valence-corrected chi connectivity index (χ1v) is 24.4. The third-order valence-electron chi connectivity index (χ3n) is 11.5. The summed E-state index contributed by atoms with van der Waals surface area (Å²) in [5.41, 5.74) is -0.203. The predicted octanol–water partition coefficient (Wildman–Crippen LogP) is 9.97. The molecule has 2 fully saturated rings. The molecule has 1 amide bonds. The van der Waals surface area contributed by atoms with Gasteiger partial charge in [-0.1, -0.05) is 66.2 Å². The molecule has 8 nitrogen and oxygen atoms in total. The van der Waals surface area contributed by atoms with Gasteiger partial charge in [-0.05, 0) is 134 Å². The zero-order valence-electron chi connectivity index (χ0n) is 34.1. The fourth-order valence-electron chi connectivity index (χ4n) is 8.37. The number of carbonyl (C=O) groups excluding carboxylic acids is 1. The third kappa shape index (κ3) is 12.1. The number of thioether (sulfide) groups is 1. The minimum absolute atomic E-state index is 0.00584. The largest absolute Gasteiger partial charge is 0.475 e. The number of halogens is 4. The zero-order chi connectivity index (χ0) is 43.6. The second-order valence-corrected chi connectivity index (χ2v) is 19.9. The Morgan fingerprint density at radius 3 is 2.29 bits per heavy atom. The summed E-state index contributed by atoms with van der Waals surface area (Å²) in [6.45, 7) is 3.04. The van der Waals surface area contributed by atoms with Crippen LogP contribution in [0.2, 0.25) is 5.02 Å². The van der Waals surface area contributed by atoms with Crippen molar-refractivity contribution in [1.82, 2.24) is 9.62 Å². The first-order chi connectivity index (χ1) is 29.9. The van der Waals surface area contributed by atoms with Crippen molar-refractivity contribution in [2.45, 2.75) is 70.8 Å². The molecule has 4 atom stereocenters. The summed E-state index contributed by atoms with van der Waals surface area (Å²) < 4.78 is 71.2. The van der Waals surface area contributed by atoms with Gasteiger partial charge in [0.15, 0.2) is 21.8 Å². The van der Waals surface area contributed by atoms with E-state index in [9.17, 15) is 31.5 Å². The number of alkyl halides is 3. The second kappa shape index (κ2) is 21.5. The van der Waals surface area contributed by atoms with Crippen LogP contribution in [0.5, 0.6) is 0 Å². The van der Waals surface area contributed by atoms with Crippen LogP contribution in [-0.2, 0) is 28.2 Å².